The van der Waals surface area contributed by atoms with Crippen LogP contribution in [0.5, 0.6) is 0 Å². The van der Waals surface area contributed by atoms with Crippen molar-refractivity contribution in [2.45, 2.75) is 128 Å². The molecule has 2 spiro atoms. The minimum atomic E-state index is -1.15. The van der Waals surface area contributed by atoms with Crippen LogP contribution in [0.25, 0.3) is 0 Å². The third-order valence-corrected chi connectivity index (χ3v) is 13.7. The summed E-state index contributed by atoms with van der Waals surface area (Å²) in [4.78, 5) is 14.3. The summed E-state index contributed by atoms with van der Waals surface area (Å²) in [6.45, 7) is 21.2. The quantitative estimate of drug-likeness (QED) is 0.316. The van der Waals surface area contributed by atoms with Gasteiger partial charge in [-0.25, -0.2) is 22.7 Å². The Hall–Kier alpha value is -2.11. The summed E-state index contributed by atoms with van der Waals surface area (Å²) < 4.78 is 37.5. The van der Waals surface area contributed by atoms with Crippen LogP contribution in [0, 0.1) is 10.8 Å². The average molecular weight is 713 g/mol. The molecule has 2 heterocycles. The standard InChI is InChI=1S/C22H34N2O3S.C17H26N2OS/c1-20(2,3)27-19(25)24-13-11-22(12-14-24)15-16-9-7-8-10-17(16)18(22)23-28(26)21(4,5)6;1-16(2,3)21(20)19-15-14-7-5-4-6-13(14)12-17(15)8-10-18-11-9-17/h7-10,18,23H,11-15H2,1-6H3;4-7,15,18-19H,8-12H2,1-3H3/t18-,28?;15-,21?/m11/s1. The van der Waals surface area contributed by atoms with Crippen LogP contribution in [-0.2, 0) is 39.5 Å². The van der Waals surface area contributed by atoms with E-state index in [1.54, 1.807) is 0 Å². The lowest BCUT2D eigenvalue weighted by Gasteiger charge is -2.44. The predicted molar refractivity (Wildman–Crippen MR) is 202 cm³/mol. The van der Waals surface area contributed by atoms with Gasteiger partial charge in [0.1, 0.15) is 5.60 Å². The van der Waals surface area contributed by atoms with Gasteiger partial charge in [-0.15, -0.1) is 0 Å². The summed E-state index contributed by atoms with van der Waals surface area (Å²) in [6.07, 6.45) is 5.90. The van der Waals surface area contributed by atoms with E-state index in [-0.39, 0.29) is 38.5 Å². The first-order valence-electron chi connectivity index (χ1n) is 18.0. The number of amides is 1. The second-order valence-corrected chi connectivity index (χ2v) is 21.6. The van der Waals surface area contributed by atoms with Crippen molar-refractivity contribution in [1.82, 2.24) is 19.7 Å². The molecule has 10 heteroatoms. The number of nitrogens with one attached hydrogen (secondary N) is 3. The van der Waals surface area contributed by atoms with Crippen LogP contribution in [-0.4, -0.2) is 60.7 Å². The molecule has 49 heavy (non-hydrogen) atoms. The Morgan fingerprint density at radius 3 is 1.53 bits per heavy atom. The van der Waals surface area contributed by atoms with Crippen molar-refractivity contribution in [2.24, 2.45) is 10.8 Å². The average Bonchev–Trinajstić information content (AvgIpc) is 3.47. The minimum Gasteiger partial charge on any atom is -0.444 e. The van der Waals surface area contributed by atoms with Crippen LogP contribution >= 0.6 is 0 Å². The van der Waals surface area contributed by atoms with Gasteiger partial charge in [-0.05, 0) is 147 Å². The molecule has 2 unspecified atom stereocenters. The molecular weight excluding hydrogens is 653 g/mol. The molecule has 4 aliphatic rings. The molecule has 0 saturated carbocycles. The van der Waals surface area contributed by atoms with Gasteiger partial charge in [0.2, 0.25) is 0 Å². The normalized spacial score (nSPS) is 24.1. The lowest BCUT2D eigenvalue weighted by Crippen LogP contribution is -2.49. The van der Waals surface area contributed by atoms with E-state index in [4.69, 9.17) is 4.74 Å². The number of rotatable bonds is 4. The maximum absolute atomic E-state index is 12.9. The molecule has 2 saturated heterocycles. The Labute approximate surface area is 300 Å². The van der Waals surface area contributed by atoms with Crippen molar-refractivity contribution in [1.29, 1.82) is 0 Å². The molecule has 2 aromatic rings. The topological polar surface area (TPSA) is 99.8 Å². The van der Waals surface area contributed by atoms with E-state index >= 15 is 0 Å². The fraction of sp³-hybridized carbons (Fsp3) is 0.667. The van der Waals surface area contributed by atoms with E-state index in [2.05, 4.69) is 63.3 Å². The number of carbonyl (C=O) groups is 1. The van der Waals surface area contributed by atoms with Crippen LogP contribution in [0.4, 0.5) is 4.79 Å². The number of nitrogens with zero attached hydrogens (tertiary/aromatic N) is 1. The highest BCUT2D eigenvalue weighted by Crippen LogP contribution is 2.53. The zero-order valence-corrected chi connectivity index (χ0v) is 32.9. The van der Waals surface area contributed by atoms with E-state index < -0.39 is 27.6 Å². The van der Waals surface area contributed by atoms with E-state index in [0.717, 1.165) is 51.6 Å². The molecule has 6 rings (SSSR count). The van der Waals surface area contributed by atoms with Gasteiger partial charge in [0.15, 0.2) is 0 Å². The highest BCUT2D eigenvalue weighted by Gasteiger charge is 2.50. The number of ether oxygens (including phenoxy) is 1. The number of piperidine rings is 2. The Morgan fingerprint density at radius 1 is 0.714 bits per heavy atom. The molecule has 2 fully saturated rings. The highest BCUT2D eigenvalue weighted by atomic mass is 32.2. The van der Waals surface area contributed by atoms with Crippen LogP contribution < -0.4 is 14.8 Å². The summed E-state index contributed by atoms with van der Waals surface area (Å²) in [5.41, 5.74) is 5.12. The van der Waals surface area contributed by atoms with Crippen LogP contribution in [0.1, 0.15) is 122 Å². The van der Waals surface area contributed by atoms with E-state index in [1.807, 2.05) is 67.2 Å². The van der Waals surface area contributed by atoms with Gasteiger partial charge in [-0.3, -0.25) is 0 Å². The summed E-state index contributed by atoms with van der Waals surface area (Å²) in [5, 5.41) is 3.46. The third kappa shape index (κ3) is 8.68. The molecule has 1 amide bonds. The van der Waals surface area contributed by atoms with Gasteiger partial charge in [-0.2, -0.15) is 0 Å². The van der Waals surface area contributed by atoms with Gasteiger partial charge in [-0.1, -0.05) is 48.5 Å². The molecule has 0 bridgehead atoms. The fourth-order valence-corrected chi connectivity index (χ4v) is 9.73. The number of benzene rings is 2. The van der Waals surface area contributed by atoms with Crippen molar-refractivity contribution in [3.05, 3.63) is 70.8 Å². The van der Waals surface area contributed by atoms with E-state index in [1.165, 1.54) is 22.3 Å². The van der Waals surface area contributed by atoms with Crippen molar-refractivity contribution in [3.63, 3.8) is 0 Å². The molecule has 4 atom stereocenters. The molecule has 0 aromatic heterocycles. The first-order valence-corrected chi connectivity index (χ1v) is 20.3. The monoisotopic (exact) mass is 712 g/mol. The Kier molecular flexibility index (Phi) is 11.3. The number of fused-ring (bicyclic) bond motifs is 2. The summed E-state index contributed by atoms with van der Waals surface area (Å²) in [7, 11) is -2.18. The summed E-state index contributed by atoms with van der Waals surface area (Å²) >= 11 is 0. The number of hydrogen-bond acceptors (Lipinski definition) is 5. The minimum absolute atomic E-state index is 0.0108. The lowest BCUT2D eigenvalue weighted by molar-refractivity contribution is 0.00723. The van der Waals surface area contributed by atoms with Crippen molar-refractivity contribution >= 4 is 28.1 Å². The maximum Gasteiger partial charge on any atom is 0.410 e. The SMILES string of the molecule is CC(C)(C)OC(=O)N1CCC2(CC1)Cc1ccccc1[C@H]2NS(=O)C(C)(C)C.CC(C)(C)S(=O)N[C@@H]1c2ccccc2CC12CCNCC2. The van der Waals surface area contributed by atoms with E-state index in [0.29, 0.717) is 13.1 Å². The molecule has 8 nitrogen and oxygen atoms in total. The largest absolute Gasteiger partial charge is 0.444 e. The predicted octanol–water partition coefficient (Wildman–Crippen LogP) is 7.06. The molecule has 2 aliphatic carbocycles. The van der Waals surface area contributed by atoms with Gasteiger partial charge in [0, 0.05) is 13.1 Å². The Balaban J connectivity index is 0.000000199. The van der Waals surface area contributed by atoms with Gasteiger partial charge < -0.3 is 15.0 Å². The number of hydrogen-bond donors (Lipinski definition) is 3. The smallest absolute Gasteiger partial charge is 0.410 e. The van der Waals surface area contributed by atoms with Gasteiger partial charge in [0.05, 0.1) is 43.5 Å². The first kappa shape index (κ1) is 38.1. The van der Waals surface area contributed by atoms with Crippen LogP contribution in [0.3, 0.4) is 0 Å². The van der Waals surface area contributed by atoms with Crippen molar-refractivity contribution in [3.8, 4) is 0 Å². The molecule has 2 aliphatic heterocycles. The molecule has 272 valence electrons. The van der Waals surface area contributed by atoms with Crippen molar-refractivity contribution in [2.75, 3.05) is 26.2 Å². The van der Waals surface area contributed by atoms with Crippen molar-refractivity contribution < 1.29 is 17.9 Å². The number of likely N-dealkylation sites (tertiary alicyclic amines) is 1. The molecular formula is C39H60N4O4S2. The first-order chi connectivity index (χ1) is 22.8. The second-order valence-electron chi connectivity index (χ2n) is 17.6. The third-order valence-electron chi connectivity index (χ3n) is 10.6. The Morgan fingerprint density at radius 2 is 1.12 bits per heavy atom. The second kappa shape index (κ2) is 14.5. The zero-order valence-electron chi connectivity index (χ0n) is 31.2. The molecule has 2 aromatic carbocycles. The molecule has 0 radical (unpaired) electrons. The van der Waals surface area contributed by atoms with Crippen LogP contribution in [0.15, 0.2) is 48.5 Å². The Bertz CT molecular complexity index is 1530. The number of carbonyl (C=O) groups excluding carboxylic acids is 1. The van der Waals surface area contributed by atoms with Gasteiger partial charge >= 0.3 is 6.09 Å². The zero-order chi connectivity index (χ0) is 35.8. The van der Waals surface area contributed by atoms with E-state index in [9.17, 15) is 13.2 Å². The maximum atomic E-state index is 12.9. The summed E-state index contributed by atoms with van der Waals surface area (Å²) in [6, 6.07) is 17.4. The lowest BCUT2D eigenvalue weighted by atomic mass is 9.73. The fourth-order valence-electron chi connectivity index (χ4n) is 7.84. The van der Waals surface area contributed by atoms with Crippen LogP contribution in [0.2, 0.25) is 0 Å². The highest BCUT2D eigenvalue weighted by molar-refractivity contribution is 7.84. The van der Waals surface area contributed by atoms with Gasteiger partial charge in [0.25, 0.3) is 0 Å². The summed E-state index contributed by atoms with van der Waals surface area (Å²) in [5.74, 6) is 0. The molecule has 3 N–H and O–H groups in total.